The first kappa shape index (κ1) is 18.9. The summed E-state index contributed by atoms with van der Waals surface area (Å²) in [7, 11) is 0. The summed E-state index contributed by atoms with van der Waals surface area (Å²) in [5, 5.41) is 14.4. The SMILES string of the molecule is CC(=O)Nc1cccc(NC(=O)CN2CCC[C@H]2C(=O)O)c1.Cl. The lowest BCUT2D eigenvalue weighted by Gasteiger charge is -2.20. The molecule has 3 N–H and O–H groups in total. The molecule has 0 bridgehead atoms. The van der Waals surface area contributed by atoms with Crippen molar-refractivity contribution in [1.82, 2.24) is 4.90 Å². The van der Waals surface area contributed by atoms with Crippen molar-refractivity contribution in [2.75, 3.05) is 23.7 Å². The van der Waals surface area contributed by atoms with Gasteiger partial charge in [0.1, 0.15) is 6.04 Å². The Hall–Kier alpha value is -2.12. The van der Waals surface area contributed by atoms with E-state index in [4.69, 9.17) is 5.11 Å². The molecule has 0 radical (unpaired) electrons. The Morgan fingerprint density at radius 1 is 1.26 bits per heavy atom. The summed E-state index contributed by atoms with van der Waals surface area (Å²) in [6.07, 6.45) is 1.35. The fraction of sp³-hybridized carbons (Fsp3) is 0.400. The second kappa shape index (κ2) is 8.50. The minimum Gasteiger partial charge on any atom is -0.480 e. The van der Waals surface area contributed by atoms with Gasteiger partial charge in [0.05, 0.1) is 6.54 Å². The third kappa shape index (κ3) is 5.54. The summed E-state index contributed by atoms with van der Waals surface area (Å²) >= 11 is 0. The van der Waals surface area contributed by atoms with Crippen LogP contribution in [-0.4, -0.2) is 46.9 Å². The van der Waals surface area contributed by atoms with Crippen LogP contribution in [0.4, 0.5) is 11.4 Å². The molecular weight excluding hydrogens is 322 g/mol. The summed E-state index contributed by atoms with van der Waals surface area (Å²) in [5.41, 5.74) is 1.15. The first-order valence-electron chi connectivity index (χ1n) is 7.10. The van der Waals surface area contributed by atoms with E-state index < -0.39 is 12.0 Å². The van der Waals surface area contributed by atoms with Gasteiger partial charge in [-0.05, 0) is 37.6 Å². The molecule has 1 aromatic carbocycles. The molecule has 1 aliphatic rings. The fourth-order valence-electron chi connectivity index (χ4n) is 2.56. The molecule has 126 valence electrons. The van der Waals surface area contributed by atoms with E-state index in [2.05, 4.69) is 10.6 Å². The van der Waals surface area contributed by atoms with Crippen LogP contribution < -0.4 is 10.6 Å². The van der Waals surface area contributed by atoms with Crippen molar-refractivity contribution in [1.29, 1.82) is 0 Å². The number of amides is 2. The highest BCUT2D eigenvalue weighted by Crippen LogP contribution is 2.18. The quantitative estimate of drug-likeness (QED) is 0.754. The molecule has 1 fully saturated rings. The monoisotopic (exact) mass is 341 g/mol. The Kier molecular flexibility index (Phi) is 6.99. The molecule has 1 heterocycles. The number of likely N-dealkylation sites (tertiary alicyclic amines) is 1. The number of rotatable bonds is 5. The molecule has 1 aromatic rings. The molecule has 2 rings (SSSR count). The molecule has 23 heavy (non-hydrogen) atoms. The van der Waals surface area contributed by atoms with Crippen LogP contribution in [0.5, 0.6) is 0 Å². The van der Waals surface area contributed by atoms with E-state index in [1.54, 1.807) is 29.2 Å². The predicted octanol–water partition coefficient (Wildman–Crippen LogP) is 1.55. The number of aliphatic carboxylic acids is 1. The number of benzene rings is 1. The average molecular weight is 342 g/mol. The van der Waals surface area contributed by atoms with E-state index in [0.29, 0.717) is 24.3 Å². The van der Waals surface area contributed by atoms with Gasteiger partial charge in [-0.2, -0.15) is 0 Å². The zero-order valence-corrected chi connectivity index (χ0v) is 13.6. The van der Waals surface area contributed by atoms with Crippen LogP contribution in [0.3, 0.4) is 0 Å². The lowest BCUT2D eigenvalue weighted by molar-refractivity contribution is -0.142. The normalized spacial score (nSPS) is 17.2. The third-order valence-electron chi connectivity index (χ3n) is 3.46. The summed E-state index contributed by atoms with van der Waals surface area (Å²) in [4.78, 5) is 35.8. The number of halogens is 1. The van der Waals surface area contributed by atoms with Gasteiger partial charge in [-0.3, -0.25) is 19.3 Å². The minimum atomic E-state index is -0.891. The highest BCUT2D eigenvalue weighted by Gasteiger charge is 2.31. The van der Waals surface area contributed by atoms with Gasteiger partial charge in [0.15, 0.2) is 0 Å². The lowest BCUT2D eigenvalue weighted by atomic mass is 10.2. The number of anilines is 2. The molecule has 1 atom stereocenters. The Balaban J connectivity index is 0.00000264. The molecule has 0 saturated carbocycles. The van der Waals surface area contributed by atoms with Crippen molar-refractivity contribution in [3.63, 3.8) is 0 Å². The zero-order chi connectivity index (χ0) is 16.1. The Morgan fingerprint density at radius 2 is 1.91 bits per heavy atom. The van der Waals surface area contributed by atoms with Gasteiger partial charge in [0, 0.05) is 18.3 Å². The number of hydrogen-bond acceptors (Lipinski definition) is 4. The van der Waals surface area contributed by atoms with E-state index in [9.17, 15) is 14.4 Å². The van der Waals surface area contributed by atoms with Crippen LogP contribution in [0.2, 0.25) is 0 Å². The average Bonchev–Trinajstić information content (AvgIpc) is 2.86. The maximum atomic E-state index is 12.0. The topological polar surface area (TPSA) is 98.7 Å². The predicted molar refractivity (Wildman–Crippen MR) is 88.9 cm³/mol. The number of carbonyl (C=O) groups excluding carboxylic acids is 2. The standard InChI is InChI=1S/C15H19N3O4.ClH/c1-10(19)16-11-4-2-5-12(8-11)17-14(20)9-18-7-3-6-13(18)15(21)22;/h2,4-5,8,13H,3,6-7,9H2,1H3,(H,16,19)(H,17,20)(H,21,22);1H/t13-;/m0./s1. The Morgan fingerprint density at radius 3 is 2.52 bits per heavy atom. The van der Waals surface area contributed by atoms with Crippen LogP contribution >= 0.6 is 12.4 Å². The van der Waals surface area contributed by atoms with Crippen molar-refractivity contribution in [3.8, 4) is 0 Å². The third-order valence-corrected chi connectivity index (χ3v) is 3.46. The van der Waals surface area contributed by atoms with E-state index >= 15 is 0 Å². The van der Waals surface area contributed by atoms with Gasteiger partial charge in [-0.15, -0.1) is 12.4 Å². The second-order valence-corrected chi connectivity index (χ2v) is 5.28. The molecule has 1 aliphatic heterocycles. The molecular formula is C15H20ClN3O4. The summed E-state index contributed by atoms with van der Waals surface area (Å²) < 4.78 is 0. The van der Waals surface area contributed by atoms with Crippen LogP contribution in [0.15, 0.2) is 24.3 Å². The second-order valence-electron chi connectivity index (χ2n) is 5.28. The zero-order valence-electron chi connectivity index (χ0n) is 12.7. The summed E-state index contributed by atoms with van der Waals surface area (Å²) in [5.74, 6) is -1.35. The Bertz CT molecular complexity index is 594. The molecule has 0 aliphatic carbocycles. The van der Waals surface area contributed by atoms with E-state index in [1.165, 1.54) is 6.92 Å². The minimum absolute atomic E-state index is 0. The van der Waals surface area contributed by atoms with E-state index in [0.717, 1.165) is 6.42 Å². The maximum absolute atomic E-state index is 12.0. The van der Waals surface area contributed by atoms with E-state index in [-0.39, 0.29) is 30.8 Å². The lowest BCUT2D eigenvalue weighted by Crippen LogP contribution is -2.40. The molecule has 0 unspecified atom stereocenters. The van der Waals surface area contributed by atoms with Gasteiger partial charge >= 0.3 is 5.97 Å². The first-order chi connectivity index (χ1) is 10.5. The first-order valence-corrected chi connectivity index (χ1v) is 7.10. The number of carbonyl (C=O) groups is 3. The molecule has 0 aromatic heterocycles. The highest BCUT2D eigenvalue weighted by molar-refractivity contribution is 5.94. The molecule has 8 heteroatoms. The maximum Gasteiger partial charge on any atom is 0.320 e. The van der Waals surface area contributed by atoms with Gasteiger partial charge < -0.3 is 15.7 Å². The van der Waals surface area contributed by atoms with Crippen LogP contribution in [-0.2, 0) is 14.4 Å². The van der Waals surface area contributed by atoms with Gasteiger partial charge in [0.25, 0.3) is 0 Å². The Labute approximate surface area is 140 Å². The van der Waals surface area contributed by atoms with Gasteiger partial charge in [-0.25, -0.2) is 0 Å². The highest BCUT2D eigenvalue weighted by atomic mass is 35.5. The van der Waals surface area contributed by atoms with Crippen LogP contribution in [0.1, 0.15) is 19.8 Å². The smallest absolute Gasteiger partial charge is 0.320 e. The molecule has 1 saturated heterocycles. The molecule has 2 amide bonds. The number of carboxylic acid groups (broad SMARTS) is 1. The summed E-state index contributed by atoms with van der Waals surface area (Å²) in [6.45, 7) is 2.06. The van der Waals surface area contributed by atoms with Crippen LogP contribution in [0.25, 0.3) is 0 Å². The largest absolute Gasteiger partial charge is 0.480 e. The van der Waals surface area contributed by atoms with Crippen molar-refractivity contribution < 1.29 is 19.5 Å². The number of carboxylic acids is 1. The van der Waals surface area contributed by atoms with Crippen LogP contribution in [0, 0.1) is 0 Å². The molecule has 0 spiro atoms. The number of nitrogens with one attached hydrogen (secondary N) is 2. The summed E-state index contributed by atoms with van der Waals surface area (Å²) in [6, 6.07) is 6.21. The fourth-order valence-corrected chi connectivity index (χ4v) is 2.56. The van der Waals surface area contributed by atoms with Gasteiger partial charge in [-0.1, -0.05) is 6.07 Å². The van der Waals surface area contributed by atoms with E-state index in [1.807, 2.05) is 0 Å². The van der Waals surface area contributed by atoms with Crippen molar-refractivity contribution in [2.45, 2.75) is 25.8 Å². The number of nitrogens with zero attached hydrogens (tertiary/aromatic N) is 1. The molecule has 7 nitrogen and oxygen atoms in total. The van der Waals surface area contributed by atoms with Gasteiger partial charge in [0.2, 0.25) is 11.8 Å². The number of hydrogen-bond donors (Lipinski definition) is 3. The van der Waals surface area contributed by atoms with Crippen molar-refractivity contribution >= 4 is 41.6 Å². The van der Waals surface area contributed by atoms with Crippen molar-refractivity contribution in [2.24, 2.45) is 0 Å². The van der Waals surface area contributed by atoms with Crippen molar-refractivity contribution in [3.05, 3.63) is 24.3 Å².